The highest BCUT2D eigenvalue weighted by molar-refractivity contribution is 5.80. The zero-order valence-corrected chi connectivity index (χ0v) is 7.68. The zero-order valence-electron chi connectivity index (χ0n) is 7.68. The van der Waals surface area contributed by atoms with Gasteiger partial charge in [-0.1, -0.05) is 12.1 Å². The van der Waals surface area contributed by atoms with Crippen LogP contribution in [0.15, 0.2) is 30.5 Å². The second-order valence-corrected chi connectivity index (χ2v) is 3.34. The number of halogens is 3. The smallest absolute Gasteiger partial charge is 0.361 e. The van der Waals surface area contributed by atoms with Crippen molar-refractivity contribution in [2.24, 2.45) is 5.73 Å². The number of hydrogen-bond donors (Lipinski definition) is 2. The Kier molecular flexibility index (Phi) is 2.19. The molecule has 0 saturated heterocycles. The van der Waals surface area contributed by atoms with Crippen LogP contribution < -0.4 is 5.73 Å². The van der Waals surface area contributed by atoms with Crippen LogP contribution in [0.1, 0.15) is 11.6 Å². The van der Waals surface area contributed by atoms with E-state index < -0.39 is 12.2 Å². The Labute approximate surface area is 83.9 Å². The van der Waals surface area contributed by atoms with Crippen molar-refractivity contribution >= 4 is 10.9 Å². The maximum atomic E-state index is 12.3. The van der Waals surface area contributed by atoms with Gasteiger partial charge in [0.25, 0.3) is 0 Å². The van der Waals surface area contributed by atoms with Gasteiger partial charge in [0, 0.05) is 11.7 Å². The summed E-state index contributed by atoms with van der Waals surface area (Å²) in [6, 6.07) is 4.30. The Morgan fingerprint density at radius 3 is 2.60 bits per heavy atom. The molecule has 0 spiro atoms. The summed E-state index contributed by atoms with van der Waals surface area (Å²) in [6.07, 6.45) is -2.73. The fourth-order valence-corrected chi connectivity index (χ4v) is 1.45. The van der Waals surface area contributed by atoms with E-state index in [4.69, 9.17) is 5.73 Å². The first kappa shape index (κ1) is 10.0. The molecule has 0 fully saturated rings. The standard InChI is InChI=1S/C10H9F3N2/c11-10(12,13)9(14)7-2-1-6-3-4-15-8(6)5-7/h1-5,9,15H,14H2/t9-/m0/s1. The number of nitrogens with one attached hydrogen (secondary N) is 1. The van der Waals surface area contributed by atoms with E-state index in [1.54, 1.807) is 18.3 Å². The molecule has 2 aromatic rings. The van der Waals surface area contributed by atoms with Crippen molar-refractivity contribution < 1.29 is 13.2 Å². The van der Waals surface area contributed by atoms with Crippen molar-refractivity contribution in [2.45, 2.75) is 12.2 Å². The third kappa shape index (κ3) is 1.83. The molecule has 0 radical (unpaired) electrons. The summed E-state index contributed by atoms with van der Waals surface area (Å²) in [4.78, 5) is 2.84. The van der Waals surface area contributed by atoms with Gasteiger partial charge in [0.2, 0.25) is 0 Å². The SMILES string of the molecule is N[C@@H](c1ccc2cc[nH]c2c1)C(F)(F)F. The van der Waals surface area contributed by atoms with Crippen LogP contribution in [0.5, 0.6) is 0 Å². The number of fused-ring (bicyclic) bond motifs is 1. The summed E-state index contributed by atoms with van der Waals surface area (Å²) in [5.41, 5.74) is 5.82. The highest BCUT2D eigenvalue weighted by Crippen LogP contribution is 2.31. The summed E-state index contributed by atoms with van der Waals surface area (Å²) in [6.45, 7) is 0. The molecule has 1 aromatic heterocycles. The van der Waals surface area contributed by atoms with Gasteiger partial charge in [-0.25, -0.2) is 0 Å². The summed E-state index contributed by atoms with van der Waals surface area (Å²) in [5.74, 6) is 0. The molecule has 2 rings (SSSR count). The molecule has 0 aliphatic heterocycles. The minimum absolute atomic E-state index is 0.0671. The zero-order chi connectivity index (χ0) is 11.1. The quantitative estimate of drug-likeness (QED) is 0.752. The average molecular weight is 214 g/mol. The average Bonchev–Trinajstić information content (AvgIpc) is 2.61. The third-order valence-corrected chi connectivity index (χ3v) is 2.29. The maximum Gasteiger partial charge on any atom is 0.407 e. The van der Waals surface area contributed by atoms with Crippen LogP contribution in [-0.4, -0.2) is 11.2 Å². The number of rotatable bonds is 1. The Balaban J connectivity index is 2.44. The van der Waals surface area contributed by atoms with E-state index in [0.717, 1.165) is 5.39 Å². The number of aromatic amines is 1. The number of hydrogen-bond acceptors (Lipinski definition) is 1. The highest BCUT2D eigenvalue weighted by Gasteiger charge is 2.37. The van der Waals surface area contributed by atoms with E-state index in [2.05, 4.69) is 4.98 Å². The second-order valence-electron chi connectivity index (χ2n) is 3.34. The lowest BCUT2D eigenvalue weighted by atomic mass is 10.1. The fourth-order valence-electron chi connectivity index (χ4n) is 1.45. The molecule has 15 heavy (non-hydrogen) atoms. The largest absolute Gasteiger partial charge is 0.407 e. The van der Waals surface area contributed by atoms with Gasteiger partial charge in [0.1, 0.15) is 6.04 Å². The van der Waals surface area contributed by atoms with Gasteiger partial charge in [-0.15, -0.1) is 0 Å². The molecule has 3 N–H and O–H groups in total. The Bertz CT molecular complexity index is 473. The highest BCUT2D eigenvalue weighted by atomic mass is 19.4. The summed E-state index contributed by atoms with van der Waals surface area (Å²) >= 11 is 0. The van der Waals surface area contributed by atoms with Crippen LogP contribution in [0.25, 0.3) is 10.9 Å². The second kappa shape index (κ2) is 3.27. The molecule has 2 nitrogen and oxygen atoms in total. The summed E-state index contributed by atoms with van der Waals surface area (Å²) < 4.78 is 37.0. The molecule has 0 unspecified atom stereocenters. The van der Waals surface area contributed by atoms with E-state index >= 15 is 0 Å². The molecule has 5 heteroatoms. The lowest BCUT2D eigenvalue weighted by Gasteiger charge is -2.15. The lowest BCUT2D eigenvalue weighted by molar-refractivity contribution is -0.149. The predicted molar refractivity (Wildman–Crippen MR) is 51.3 cm³/mol. The molecule has 1 atom stereocenters. The van der Waals surface area contributed by atoms with E-state index in [9.17, 15) is 13.2 Å². The minimum Gasteiger partial charge on any atom is -0.361 e. The van der Waals surface area contributed by atoms with Crippen molar-refractivity contribution in [3.8, 4) is 0 Å². The van der Waals surface area contributed by atoms with Crippen molar-refractivity contribution in [3.63, 3.8) is 0 Å². The number of aromatic nitrogens is 1. The molecular weight excluding hydrogens is 205 g/mol. The topological polar surface area (TPSA) is 41.8 Å². The van der Waals surface area contributed by atoms with Crippen molar-refractivity contribution in [2.75, 3.05) is 0 Å². The normalized spacial score (nSPS) is 14.4. The van der Waals surface area contributed by atoms with Crippen molar-refractivity contribution in [3.05, 3.63) is 36.0 Å². The van der Waals surface area contributed by atoms with E-state index in [1.165, 1.54) is 12.1 Å². The van der Waals surface area contributed by atoms with Gasteiger partial charge < -0.3 is 10.7 Å². The van der Waals surface area contributed by atoms with Gasteiger partial charge in [-0.2, -0.15) is 13.2 Å². The first-order valence-corrected chi connectivity index (χ1v) is 4.38. The van der Waals surface area contributed by atoms with Gasteiger partial charge in [-0.05, 0) is 23.1 Å². The first-order chi connectivity index (χ1) is 6.98. The number of nitrogens with two attached hydrogens (primary N) is 1. The minimum atomic E-state index is -4.40. The van der Waals surface area contributed by atoms with Gasteiger partial charge >= 0.3 is 6.18 Å². The third-order valence-electron chi connectivity index (χ3n) is 2.29. The molecule has 1 aromatic carbocycles. The molecule has 1 heterocycles. The van der Waals surface area contributed by atoms with Crippen molar-refractivity contribution in [1.82, 2.24) is 4.98 Å². The monoisotopic (exact) mass is 214 g/mol. The van der Waals surface area contributed by atoms with Gasteiger partial charge in [0.05, 0.1) is 0 Å². The molecule has 0 aliphatic rings. The van der Waals surface area contributed by atoms with Crippen LogP contribution in [0.3, 0.4) is 0 Å². The molecule has 0 amide bonds. The van der Waals surface area contributed by atoms with Crippen LogP contribution in [-0.2, 0) is 0 Å². The molecule has 0 saturated carbocycles. The molecule has 80 valence electrons. The van der Waals surface area contributed by atoms with Crippen LogP contribution in [0.4, 0.5) is 13.2 Å². The lowest BCUT2D eigenvalue weighted by Crippen LogP contribution is -2.28. The van der Waals surface area contributed by atoms with Gasteiger partial charge in [-0.3, -0.25) is 0 Å². The Hall–Kier alpha value is -1.49. The Morgan fingerprint density at radius 2 is 1.93 bits per heavy atom. The number of H-pyrrole nitrogens is 1. The number of alkyl halides is 3. The molecular formula is C10H9F3N2. The summed E-state index contributed by atoms with van der Waals surface area (Å²) in [7, 11) is 0. The van der Waals surface area contributed by atoms with E-state index in [-0.39, 0.29) is 5.56 Å². The van der Waals surface area contributed by atoms with Crippen LogP contribution in [0.2, 0.25) is 0 Å². The molecule has 0 bridgehead atoms. The predicted octanol–water partition coefficient (Wildman–Crippen LogP) is 2.73. The maximum absolute atomic E-state index is 12.3. The summed E-state index contributed by atoms with van der Waals surface area (Å²) in [5, 5.41) is 0.869. The molecule has 0 aliphatic carbocycles. The van der Waals surface area contributed by atoms with Gasteiger partial charge in [0.15, 0.2) is 0 Å². The number of benzene rings is 1. The first-order valence-electron chi connectivity index (χ1n) is 4.38. The Morgan fingerprint density at radius 1 is 1.20 bits per heavy atom. The van der Waals surface area contributed by atoms with Crippen LogP contribution in [0, 0.1) is 0 Å². The van der Waals surface area contributed by atoms with Crippen molar-refractivity contribution in [1.29, 1.82) is 0 Å². The van der Waals surface area contributed by atoms with Crippen LogP contribution >= 0.6 is 0 Å². The van der Waals surface area contributed by atoms with E-state index in [1.807, 2.05) is 0 Å². The fraction of sp³-hybridized carbons (Fsp3) is 0.200. The van der Waals surface area contributed by atoms with E-state index in [0.29, 0.717) is 5.52 Å².